The van der Waals surface area contributed by atoms with Crippen LogP contribution in [0.25, 0.3) is 0 Å². The van der Waals surface area contributed by atoms with Crippen molar-refractivity contribution in [3.05, 3.63) is 10.6 Å². The van der Waals surface area contributed by atoms with Crippen LogP contribution >= 0.6 is 11.5 Å². The van der Waals surface area contributed by atoms with Crippen LogP contribution in [0.3, 0.4) is 0 Å². The second-order valence-electron chi connectivity index (χ2n) is 4.55. The van der Waals surface area contributed by atoms with Crippen LogP contribution in [0.4, 0.5) is 0 Å². The average molecular weight is 255 g/mol. The molecular weight excluding hydrogens is 234 g/mol. The van der Waals surface area contributed by atoms with Crippen LogP contribution in [-0.2, 0) is 4.74 Å². The van der Waals surface area contributed by atoms with E-state index in [0.717, 1.165) is 31.7 Å². The summed E-state index contributed by atoms with van der Waals surface area (Å²) >= 11 is 1.52. The topological polar surface area (TPSA) is 47.0 Å². The van der Waals surface area contributed by atoms with E-state index < -0.39 is 0 Å². The van der Waals surface area contributed by atoms with Gasteiger partial charge in [0.05, 0.1) is 16.7 Å². The minimum atomic E-state index is 0.393. The lowest BCUT2D eigenvalue weighted by atomic mass is 10.0. The summed E-state index contributed by atoms with van der Waals surface area (Å²) in [5.41, 5.74) is 1.06. The maximum absolute atomic E-state index is 5.67. The van der Waals surface area contributed by atoms with E-state index in [1.54, 1.807) is 0 Å². The van der Waals surface area contributed by atoms with Gasteiger partial charge in [0.15, 0.2) is 0 Å². The lowest BCUT2D eigenvalue weighted by Gasteiger charge is -2.18. The van der Waals surface area contributed by atoms with Crippen LogP contribution in [0.2, 0.25) is 0 Å². The first-order valence-corrected chi connectivity index (χ1v) is 7.22. The Kier molecular flexibility index (Phi) is 4.88. The highest BCUT2D eigenvalue weighted by Crippen LogP contribution is 2.27. The van der Waals surface area contributed by atoms with E-state index >= 15 is 0 Å². The summed E-state index contributed by atoms with van der Waals surface area (Å²) < 4.78 is 9.70. The van der Waals surface area contributed by atoms with Gasteiger partial charge in [-0.1, -0.05) is 11.4 Å². The van der Waals surface area contributed by atoms with Crippen molar-refractivity contribution in [2.45, 2.75) is 51.7 Å². The average Bonchev–Trinajstić information content (AvgIpc) is 2.95. The number of rotatable bonds is 6. The van der Waals surface area contributed by atoms with Gasteiger partial charge in [0, 0.05) is 12.6 Å². The van der Waals surface area contributed by atoms with Gasteiger partial charge in [-0.05, 0) is 50.7 Å². The van der Waals surface area contributed by atoms with E-state index in [1.807, 2.05) is 6.92 Å². The Morgan fingerprint density at radius 2 is 2.47 bits per heavy atom. The molecule has 2 rings (SSSR count). The number of aromatic nitrogens is 2. The molecule has 0 aromatic carbocycles. The second-order valence-corrected chi connectivity index (χ2v) is 5.33. The zero-order chi connectivity index (χ0) is 12.1. The largest absolute Gasteiger partial charge is 0.378 e. The fourth-order valence-electron chi connectivity index (χ4n) is 2.35. The molecule has 17 heavy (non-hydrogen) atoms. The SMILES string of the molecule is CCNC(CCC1CCCO1)c1snnc1C. The Balaban J connectivity index is 1.90. The van der Waals surface area contributed by atoms with Crippen LogP contribution < -0.4 is 5.32 Å². The molecule has 1 aromatic heterocycles. The third kappa shape index (κ3) is 3.47. The summed E-state index contributed by atoms with van der Waals surface area (Å²) in [5.74, 6) is 0. The van der Waals surface area contributed by atoms with Gasteiger partial charge < -0.3 is 10.1 Å². The monoisotopic (exact) mass is 255 g/mol. The van der Waals surface area contributed by atoms with Crippen molar-refractivity contribution in [1.29, 1.82) is 0 Å². The first kappa shape index (κ1) is 12.9. The summed E-state index contributed by atoms with van der Waals surface area (Å²) in [6, 6.07) is 0.393. The molecule has 1 aliphatic rings. The number of hydrogen-bond donors (Lipinski definition) is 1. The molecule has 0 radical (unpaired) electrons. The van der Waals surface area contributed by atoms with Gasteiger partial charge in [-0.2, -0.15) is 0 Å². The molecular formula is C12H21N3OS. The summed E-state index contributed by atoms with van der Waals surface area (Å²) in [6.45, 7) is 6.10. The van der Waals surface area contributed by atoms with Gasteiger partial charge in [0.25, 0.3) is 0 Å². The highest BCUT2D eigenvalue weighted by molar-refractivity contribution is 7.05. The van der Waals surface area contributed by atoms with Gasteiger partial charge in [0.2, 0.25) is 0 Å². The van der Waals surface area contributed by atoms with Crippen molar-refractivity contribution < 1.29 is 4.74 Å². The maximum Gasteiger partial charge on any atom is 0.0772 e. The smallest absolute Gasteiger partial charge is 0.0772 e. The molecule has 1 aromatic rings. The second kappa shape index (κ2) is 6.42. The standard InChI is InChI=1S/C12H21N3OS/c1-3-13-11(12-9(2)14-15-17-12)7-6-10-5-4-8-16-10/h10-11,13H,3-8H2,1-2H3. The van der Waals surface area contributed by atoms with Crippen LogP contribution in [0.5, 0.6) is 0 Å². The highest BCUT2D eigenvalue weighted by Gasteiger charge is 2.20. The zero-order valence-electron chi connectivity index (χ0n) is 10.6. The van der Waals surface area contributed by atoms with E-state index in [0.29, 0.717) is 12.1 Å². The minimum Gasteiger partial charge on any atom is -0.378 e. The lowest BCUT2D eigenvalue weighted by Crippen LogP contribution is -2.22. The van der Waals surface area contributed by atoms with E-state index in [1.165, 1.54) is 29.3 Å². The minimum absolute atomic E-state index is 0.393. The van der Waals surface area contributed by atoms with Crippen molar-refractivity contribution in [3.63, 3.8) is 0 Å². The van der Waals surface area contributed by atoms with Gasteiger partial charge >= 0.3 is 0 Å². The first-order chi connectivity index (χ1) is 8.31. The van der Waals surface area contributed by atoms with Gasteiger partial charge in [-0.25, -0.2) is 0 Å². The van der Waals surface area contributed by atoms with E-state index in [9.17, 15) is 0 Å². The molecule has 4 nitrogen and oxygen atoms in total. The molecule has 0 amide bonds. The third-order valence-corrected chi connectivity index (χ3v) is 4.19. The van der Waals surface area contributed by atoms with Gasteiger partial charge in [-0.15, -0.1) is 5.10 Å². The quantitative estimate of drug-likeness (QED) is 0.848. The Bertz CT molecular complexity index is 336. The summed E-state index contributed by atoms with van der Waals surface area (Å²) in [4.78, 5) is 1.28. The van der Waals surface area contributed by atoms with Crippen LogP contribution in [-0.4, -0.2) is 28.8 Å². The number of ether oxygens (including phenoxy) is 1. The molecule has 2 atom stereocenters. The highest BCUT2D eigenvalue weighted by atomic mass is 32.1. The normalized spacial score (nSPS) is 21.9. The Morgan fingerprint density at radius 3 is 3.06 bits per heavy atom. The maximum atomic E-state index is 5.67. The number of nitrogens with zero attached hydrogens (tertiary/aromatic N) is 2. The molecule has 1 fully saturated rings. The predicted molar refractivity (Wildman–Crippen MR) is 69.3 cm³/mol. The molecule has 1 saturated heterocycles. The summed E-state index contributed by atoms with van der Waals surface area (Å²) in [6.07, 6.45) is 5.16. The molecule has 1 N–H and O–H groups in total. The van der Waals surface area contributed by atoms with E-state index in [4.69, 9.17) is 4.74 Å². The first-order valence-electron chi connectivity index (χ1n) is 6.45. The molecule has 2 heterocycles. The van der Waals surface area contributed by atoms with Gasteiger partial charge in [0.1, 0.15) is 0 Å². The molecule has 96 valence electrons. The van der Waals surface area contributed by atoms with Gasteiger partial charge in [-0.3, -0.25) is 0 Å². The Hall–Kier alpha value is -0.520. The number of hydrogen-bond acceptors (Lipinski definition) is 5. The van der Waals surface area contributed by atoms with Crippen LogP contribution in [0.1, 0.15) is 49.2 Å². The third-order valence-electron chi connectivity index (χ3n) is 3.25. The predicted octanol–water partition coefficient (Wildman–Crippen LogP) is 2.46. The van der Waals surface area contributed by atoms with Crippen LogP contribution in [0, 0.1) is 6.92 Å². The summed E-state index contributed by atoms with van der Waals surface area (Å²) in [7, 11) is 0. The summed E-state index contributed by atoms with van der Waals surface area (Å²) in [5, 5.41) is 7.62. The van der Waals surface area contributed by atoms with Crippen molar-refractivity contribution in [3.8, 4) is 0 Å². The Labute approximate surface area is 107 Å². The molecule has 5 heteroatoms. The van der Waals surface area contributed by atoms with Crippen molar-refractivity contribution >= 4 is 11.5 Å². The molecule has 0 aliphatic carbocycles. The molecule has 1 aliphatic heterocycles. The fraction of sp³-hybridized carbons (Fsp3) is 0.833. The zero-order valence-corrected chi connectivity index (χ0v) is 11.4. The van der Waals surface area contributed by atoms with Crippen molar-refractivity contribution in [2.24, 2.45) is 0 Å². The molecule has 0 bridgehead atoms. The Morgan fingerprint density at radius 1 is 1.59 bits per heavy atom. The number of nitrogens with one attached hydrogen (secondary N) is 1. The van der Waals surface area contributed by atoms with Crippen molar-refractivity contribution in [2.75, 3.05) is 13.2 Å². The molecule has 2 unspecified atom stereocenters. The van der Waals surface area contributed by atoms with Crippen LogP contribution in [0.15, 0.2) is 0 Å². The lowest BCUT2D eigenvalue weighted by molar-refractivity contribution is 0.0997. The van der Waals surface area contributed by atoms with Crippen molar-refractivity contribution in [1.82, 2.24) is 14.9 Å². The van der Waals surface area contributed by atoms with E-state index in [2.05, 4.69) is 21.8 Å². The van der Waals surface area contributed by atoms with E-state index in [-0.39, 0.29) is 0 Å². The number of aryl methyl sites for hydroxylation is 1. The fourth-order valence-corrected chi connectivity index (χ4v) is 3.11. The molecule has 0 saturated carbocycles. The molecule has 0 spiro atoms.